The van der Waals surface area contributed by atoms with Crippen LogP contribution in [0, 0.1) is 13.8 Å². The van der Waals surface area contributed by atoms with E-state index >= 15 is 0 Å². The van der Waals surface area contributed by atoms with E-state index in [4.69, 9.17) is 9.47 Å². The number of hydrogen-bond donors (Lipinski definition) is 1. The molecular formula is C29H27NO6. The zero-order chi connectivity index (χ0) is 26.0. The van der Waals surface area contributed by atoms with Crippen molar-refractivity contribution in [3.8, 4) is 5.75 Å². The maximum Gasteiger partial charge on any atom is 0.337 e. The third-order valence-corrected chi connectivity index (χ3v) is 6.48. The summed E-state index contributed by atoms with van der Waals surface area (Å²) in [6.45, 7) is 3.98. The molecule has 0 saturated carbocycles. The van der Waals surface area contributed by atoms with Gasteiger partial charge in [-0.2, -0.15) is 0 Å². The standard InChI is InChI=1S/C29H27NO6/c1-17-5-8-22(15-18(17)2)26(31)24-25(20-11-13-23(35-3)14-12-20)30(28(33)27(24)32)16-19-6-9-21(10-7-19)29(34)36-4/h5-15,25,31H,16H2,1-4H3/b26-24-. The van der Waals surface area contributed by atoms with Crippen LogP contribution in [0.5, 0.6) is 5.75 Å². The van der Waals surface area contributed by atoms with Gasteiger partial charge in [0.25, 0.3) is 11.7 Å². The van der Waals surface area contributed by atoms with Gasteiger partial charge in [0, 0.05) is 12.1 Å². The van der Waals surface area contributed by atoms with E-state index in [9.17, 15) is 19.5 Å². The lowest BCUT2D eigenvalue weighted by molar-refractivity contribution is -0.140. The number of nitrogens with zero attached hydrogens (tertiary/aromatic N) is 1. The second-order valence-corrected chi connectivity index (χ2v) is 8.69. The number of ether oxygens (including phenoxy) is 2. The molecule has 1 amide bonds. The Hall–Kier alpha value is -4.39. The van der Waals surface area contributed by atoms with E-state index in [1.54, 1.807) is 67.8 Å². The molecule has 1 atom stereocenters. The van der Waals surface area contributed by atoms with Gasteiger partial charge < -0.3 is 19.5 Å². The van der Waals surface area contributed by atoms with Gasteiger partial charge >= 0.3 is 5.97 Å². The quantitative estimate of drug-likeness (QED) is 0.235. The molecule has 7 heteroatoms. The van der Waals surface area contributed by atoms with Gasteiger partial charge in [0.1, 0.15) is 11.5 Å². The Bertz CT molecular complexity index is 1360. The molecule has 1 saturated heterocycles. The first kappa shape index (κ1) is 24.7. The summed E-state index contributed by atoms with van der Waals surface area (Å²) < 4.78 is 10.00. The summed E-state index contributed by atoms with van der Waals surface area (Å²) in [5, 5.41) is 11.3. The molecule has 0 aliphatic carbocycles. The number of benzene rings is 3. The number of Topliss-reactive ketones (excluding diaryl/α,β-unsaturated/α-hetero) is 1. The summed E-state index contributed by atoms with van der Waals surface area (Å²) in [7, 11) is 2.86. The number of likely N-dealkylation sites (tertiary alicyclic amines) is 1. The fourth-order valence-corrected chi connectivity index (χ4v) is 4.28. The lowest BCUT2D eigenvalue weighted by Crippen LogP contribution is -2.29. The molecule has 7 nitrogen and oxygen atoms in total. The van der Waals surface area contributed by atoms with Crippen molar-refractivity contribution < 1.29 is 29.0 Å². The van der Waals surface area contributed by atoms with Crippen molar-refractivity contribution in [3.63, 3.8) is 0 Å². The monoisotopic (exact) mass is 485 g/mol. The van der Waals surface area contributed by atoms with Crippen molar-refractivity contribution in [2.45, 2.75) is 26.4 Å². The Labute approximate surface area is 209 Å². The van der Waals surface area contributed by atoms with Crippen molar-refractivity contribution in [2.24, 2.45) is 0 Å². The predicted molar refractivity (Wildman–Crippen MR) is 135 cm³/mol. The normalized spacial score (nSPS) is 16.8. The van der Waals surface area contributed by atoms with Crippen molar-refractivity contribution in [1.29, 1.82) is 0 Å². The minimum Gasteiger partial charge on any atom is -0.507 e. The lowest BCUT2D eigenvalue weighted by atomic mass is 9.94. The van der Waals surface area contributed by atoms with Crippen LogP contribution >= 0.6 is 0 Å². The SMILES string of the molecule is COC(=O)c1ccc(CN2C(=O)C(=O)/C(=C(\O)c3ccc(C)c(C)c3)C2c2ccc(OC)cc2)cc1. The summed E-state index contributed by atoms with van der Waals surface area (Å²) in [6.07, 6.45) is 0. The van der Waals surface area contributed by atoms with E-state index in [2.05, 4.69) is 0 Å². The predicted octanol–water partition coefficient (Wildman–Crippen LogP) is 4.72. The summed E-state index contributed by atoms with van der Waals surface area (Å²) >= 11 is 0. The maximum atomic E-state index is 13.3. The first-order chi connectivity index (χ1) is 17.2. The highest BCUT2D eigenvalue weighted by Gasteiger charge is 2.46. The molecule has 4 rings (SSSR count). The average molecular weight is 486 g/mol. The minimum absolute atomic E-state index is 0.0274. The molecule has 1 aliphatic heterocycles. The number of methoxy groups -OCH3 is 2. The van der Waals surface area contributed by atoms with Crippen LogP contribution in [-0.4, -0.2) is 41.9 Å². The molecule has 0 aromatic heterocycles. The van der Waals surface area contributed by atoms with Crippen LogP contribution in [0.1, 0.15) is 44.2 Å². The summed E-state index contributed by atoms with van der Waals surface area (Å²) in [5.41, 5.74) is 4.26. The van der Waals surface area contributed by atoms with E-state index in [1.807, 2.05) is 19.9 Å². The third kappa shape index (κ3) is 4.60. The van der Waals surface area contributed by atoms with Gasteiger partial charge in [-0.1, -0.05) is 36.4 Å². The topological polar surface area (TPSA) is 93.1 Å². The molecule has 0 bridgehead atoms. The largest absolute Gasteiger partial charge is 0.507 e. The van der Waals surface area contributed by atoms with Gasteiger partial charge in [0.2, 0.25) is 0 Å². The first-order valence-corrected chi connectivity index (χ1v) is 11.4. The zero-order valence-corrected chi connectivity index (χ0v) is 20.6. The summed E-state index contributed by atoms with van der Waals surface area (Å²) in [6, 6.07) is 18.3. The molecule has 1 N–H and O–H groups in total. The van der Waals surface area contributed by atoms with Crippen LogP contribution in [0.4, 0.5) is 0 Å². The number of esters is 1. The Balaban J connectivity index is 1.80. The van der Waals surface area contributed by atoms with Crippen LogP contribution in [0.2, 0.25) is 0 Å². The number of aliphatic hydroxyl groups is 1. The van der Waals surface area contributed by atoms with Crippen LogP contribution < -0.4 is 4.74 Å². The number of carbonyl (C=O) groups is 3. The van der Waals surface area contributed by atoms with Gasteiger partial charge in [0.05, 0.1) is 31.4 Å². The molecule has 1 aliphatic rings. The molecule has 1 heterocycles. The molecule has 3 aromatic rings. The van der Waals surface area contributed by atoms with E-state index in [-0.39, 0.29) is 17.9 Å². The number of amides is 1. The van der Waals surface area contributed by atoms with Crippen molar-refractivity contribution >= 4 is 23.4 Å². The third-order valence-electron chi connectivity index (χ3n) is 6.48. The Morgan fingerprint density at radius 3 is 2.11 bits per heavy atom. The average Bonchev–Trinajstić information content (AvgIpc) is 3.14. The highest BCUT2D eigenvalue weighted by atomic mass is 16.5. The van der Waals surface area contributed by atoms with Crippen LogP contribution in [-0.2, 0) is 20.9 Å². The smallest absolute Gasteiger partial charge is 0.337 e. The molecule has 0 spiro atoms. The molecular weight excluding hydrogens is 458 g/mol. The van der Waals surface area contributed by atoms with Gasteiger partial charge in [0.15, 0.2) is 0 Å². The second kappa shape index (κ2) is 10.1. The Morgan fingerprint density at radius 1 is 0.889 bits per heavy atom. The minimum atomic E-state index is -0.808. The number of aryl methyl sites for hydroxylation is 2. The van der Waals surface area contributed by atoms with E-state index in [0.29, 0.717) is 28.0 Å². The highest BCUT2D eigenvalue weighted by molar-refractivity contribution is 6.46. The number of aliphatic hydroxyl groups excluding tert-OH is 1. The van der Waals surface area contributed by atoms with Crippen LogP contribution in [0.3, 0.4) is 0 Å². The molecule has 36 heavy (non-hydrogen) atoms. The van der Waals surface area contributed by atoms with Gasteiger partial charge in [-0.05, 0) is 66.4 Å². The van der Waals surface area contributed by atoms with E-state index in [0.717, 1.165) is 11.1 Å². The molecule has 1 fully saturated rings. The van der Waals surface area contributed by atoms with Crippen molar-refractivity contribution in [3.05, 3.63) is 106 Å². The summed E-state index contributed by atoms with van der Waals surface area (Å²) in [4.78, 5) is 39.7. The molecule has 3 aromatic carbocycles. The number of ketones is 1. The summed E-state index contributed by atoms with van der Waals surface area (Å²) in [5.74, 6) is -1.52. The van der Waals surface area contributed by atoms with E-state index < -0.39 is 23.7 Å². The first-order valence-electron chi connectivity index (χ1n) is 11.4. The van der Waals surface area contributed by atoms with Crippen LogP contribution in [0.25, 0.3) is 5.76 Å². The lowest BCUT2D eigenvalue weighted by Gasteiger charge is -2.25. The number of rotatable bonds is 6. The van der Waals surface area contributed by atoms with Crippen molar-refractivity contribution in [2.75, 3.05) is 14.2 Å². The Kier molecular flexibility index (Phi) is 6.92. The second-order valence-electron chi connectivity index (χ2n) is 8.69. The van der Waals surface area contributed by atoms with E-state index in [1.165, 1.54) is 12.0 Å². The maximum absolute atomic E-state index is 13.3. The van der Waals surface area contributed by atoms with Gasteiger partial charge in [-0.25, -0.2) is 4.79 Å². The van der Waals surface area contributed by atoms with Crippen LogP contribution in [0.15, 0.2) is 72.3 Å². The number of carbonyl (C=O) groups excluding carboxylic acids is 3. The zero-order valence-electron chi connectivity index (χ0n) is 20.6. The number of hydrogen-bond acceptors (Lipinski definition) is 6. The highest BCUT2D eigenvalue weighted by Crippen LogP contribution is 2.40. The fraction of sp³-hybridized carbons (Fsp3) is 0.207. The van der Waals surface area contributed by atoms with Gasteiger partial charge in [-0.3, -0.25) is 9.59 Å². The fourth-order valence-electron chi connectivity index (χ4n) is 4.28. The molecule has 1 unspecified atom stereocenters. The Morgan fingerprint density at radius 2 is 1.53 bits per heavy atom. The molecule has 184 valence electrons. The van der Waals surface area contributed by atoms with Crippen molar-refractivity contribution in [1.82, 2.24) is 4.90 Å². The molecule has 0 radical (unpaired) electrons. The van der Waals surface area contributed by atoms with Gasteiger partial charge in [-0.15, -0.1) is 0 Å².